The van der Waals surface area contributed by atoms with E-state index in [0.29, 0.717) is 48.1 Å². The van der Waals surface area contributed by atoms with Crippen LogP contribution in [0.1, 0.15) is 104 Å². The highest BCUT2D eigenvalue weighted by Gasteiger charge is 2.46. The van der Waals surface area contributed by atoms with Crippen LogP contribution in [0.2, 0.25) is 0 Å². The molecular formula is C56H86N6O16. The predicted molar refractivity (Wildman–Crippen MR) is 287 cm³/mol. The average Bonchev–Trinajstić information content (AvgIpc) is 4.10. The van der Waals surface area contributed by atoms with Crippen molar-refractivity contribution in [3.05, 3.63) is 65.4 Å². The van der Waals surface area contributed by atoms with Gasteiger partial charge in [-0.25, -0.2) is 4.79 Å². The summed E-state index contributed by atoms with van der Waals surface area (Å²) >= 11 is 0. The monoisotopic (exact) mass is 1100 g/mol. The van der Waals surface area contributed by atoms with Crippen LogP contribution in [0.15, 0.2) is 52.9 Å². The largest absolute Gasteiger partial charge is 0.461 e. The predicted octanol–water partition coefficient (Wildman–Crippen LogP) is 2.96. The molecule has 2 fully saturated rings. The lowest BCUT2D eigenvalue weighted by molar-refractivity contribution is -0.277. The van der Waals surface area contributed by atoms with E-state index in [-0.39, 0.29) is 48.6 Å². The zero-order valence-corrected chi connectivity index (χ0v) is 47.2. The number of ether oxygens (including phenoxy) is 5. The molecule has 3 aromatic rings. The standard InChI is InChI=1S/C56H86N6O16/c1-13-31(6)45(40(73-11)25-42(64)62-23-17-20-38(62)50(74-12)32(7)52(69)58-33(8)46(65)34-18-15-14-16-19-34)60(9)54(71)43(29(2)3)59-53(70)44(30(4)5)61(10)56(72)75-28-35-21-22-39(37-24-36(26-57)76-51(35)37)77-55-49(68)48(67)47(66)41(27-63)78-55/h14-16,18-19,21-22,24,29-33,38,40-41,43-50,55,63,65-68H,13,17,20,23,25-28,57H2,1-12H3,(H,58,69)(H,59,70)/t31?,32-,33-,38+,40-,41-,43+,44+,45+,46-,47+,48+,49-,50-,55-/m1/s1. The molecule has 2 aliphatic heterocycles. The molecule has 0 saturated carbocycles. The number of nitrogens with two attached hydrogens (primary N) is 1. The molecule has 0 radical (unpaired) electrons. The number of methoxy groups -OCH3 is 2. The molecule has 3 heterocycles. The van der Waals surface area contributed by atoms with Crippen LogP contribution in [0.25, 0.3) is 11.0 Å². The molecule has 2 aliphatic rings. The number of aliphatic hydroxyl groups is 5. The fourth-order valence-corrected chi connectivity index (χ4v) is 10.7. The van der Waals surface area contributed by atoms with Crippen molar-refractivity contribution in [3.8, 4) is 5.75 Å². The van der Waals surface area contributed by atoms with E-state index < -0.39 is 121 Å². The van der Waals surface area contributed by atoms with Crippen LogP contribution < -0.4 is 21.1 Å². The highest BCUT2D eigenvalue weighted by molar-refractivity contribution is 5.92. The van der Waals surface area contributed by atoms with Gasteiger partial charge >= 0.3 is 6.09 Å². The molecule has 436 valence electrons. The lowest BCUT2D eigenvalue weighted by atomic mass is 9.89. The van der Waals surface area contributed by atoms with E-state index in [2.05, 4.69) is 10.6 Å². The fourth-order valence-electron chi connectivity index (χ4n) is 10.7. The lowest BCUT2D eigenvalue weighted by Gasteiger charge is -2.41. The smallest absolute Gasteiger partial charge is 0.410 e. The molecule has 2 aromatic carbocycles. The Balaban J connectivity index is 1.26. The number of hydrogen-bond acceptors (Lipinski definition) is 17. The number of hydrogen-bond donors (Lipinski definition) is 8. The van der Waals surface area contributed by atoms with Crippen LogP contribution in [0.4, 0.5) is 4.79 Å². The molecule has 5 amide bonds. The normalized spacial score (nSPS) is 23.2. The van der Waals surface area contributed by atoms with Crippen LogP contribution in [0.5, 0.6) is 5.75 Å². The van der Waals surface area contributed by atoms with Gasteiger partial charge in [0.1, 0.15) is 60.2 Å². The molecule has 5 rings (SSSR count). The molecule has 22 heteroatoms. The number of furan rings is 1. The summed E-state index contributed by atoms with van der Waals surface area (Å²) in [5.74, 6) is -2.82. The summed E-state index contributed by atoms with van der Waals surface area (Å²) in [4.78, 5) is 75.5. The first kappa shape index (κ1) is 63.4. The van der Waals surface area contributed by atoms with Gasteiger partial charge < -0.3 is 79.8 Å². The van der Waals surface area contributed by atoms with E-state index in [1.165, 1.54) is 27.3 Å². The zero-order valence-electron chi connectivity index (χ0n) is 47.2. The third-order valence-electron chi connectivity index (χ3n) is 15.5. The van der Waals surface area contributed by atoms with Crippen molar-refractivity contribution in [2.45, 2.75) is 173 Å². The van der Waals surface area contributed by atoms with Gasteiger partial charge in [-0.15, -0.1) is 0 Å². The van der Waals surface area contributed by atoms with Gasteiger partial charge in [0.25, 0.3) is 0 Å². The summed E-state index contributed by atoms with van der Waals surface area (Å²) < 4.78 is 35.2. The molecule has 0 bridgehead atoms. The minimum absolute atomic E-state index is 0.00963. The van der Waals surface area contributed by atoms with E-state index in [0.717, 1.165) is 4.90 Å². The van der Waals surface area contributed by atoms with E-state index in [4.69, 9.17) is 33.8 Å². The summed E-state index contributed by atoms with van der Waals surface area (Å²) in [7, 11) is 6.07. The maximum absolute atomic E-state index is 14.8. The molecule has 0 aliphatic carbocycles. The average molecular weight is 1100 g/mol. The van der Waals surface area contributed by atoms with Crippen LogP contribution in [-0.2, 0) is 51.3 Å². The summed E-state index contributed by atoms with van der Waals surface area (Å²) in [6.45, 7) is 14.0. The van der Waals surface area contributed by atoms with Crippen molar-refractivity contribution in [1.29, 1.82) is 0 Å². The number of carbonyl (C=O) groups is 5. The Bertz CT molecular complexity index is 2440. The van der Waals surface area contributed by atoms with Crippen LogP contribution in [-0.4, -0.2) is 185 Å². The summed E-state index contributed by atoms with van der Waals surface area (Å²) in [5, 5.41) is 58.0. The van der Waals surface area contributed by atoms with Crippen molar-refractivity contribution in [2.24, 2.45) is 29.4 Å². The molecule has 9 N–H and O–H groups in total. The molecule has 2 saturated heterocycles. The number of aliphatic hydroxyl groups excluding tert-OH is 5. The highest BCUT2D eigenvalue weighted by Crippen LogP contribution is 2.36. The van der Waals surface area contributed by atoms with Crippen LogP contribution >= 0.6 is 0 Å². The first-order valence-corrected chi connectivity index (χ1v) is 27.0. The number of fused-ring (bicyclic) bond motifs is 1. The van der Waals surface area contributed by atoms with E-state index in [9.17, 15) is 49.5 Å². The number of likely N-dealkylation sites (N-methyl/N-ethyl adjacent to an activating group) is 2. The number of amides is 5. The number of benzene rings is 2. The van der Waals surface area contributed by atoms with Crippen molar-refractivity contribution in [1.82, 2.24) is 25.3 Å². The van der Waals surface area contributed by atoms with Crippen molar-refractivity contribution >= 4 is 40.7 Å². The van der Waals surface area contributed by atoms with Gasteiger partial charge in [-0.2, -0.15) is 0 Å². The molecule has 15 atom stereocenters. The Morgan fingerprint density at radius 2 is 1.55 bits per heavy atom. The SMILES string of the molecule is CCC(C)[C@@H]([C@@H](CC(=O)N1CCC[C@H]1[C@H](OC)[C@@H](C)C(=O)N[C@H](C)[C@@H](O)c1ccccc1)OC)N(C)C(=O)[C@@H](NC(=O)[C@H](C(C)C)N(C)C(=O)OCc1ccc(O[C@@H]2O[C@H](CO)[C@H](O)[C@H](O)[C@H]2O)c2cc(CN)oc12)C(C)C. The summed E-state index contributed by atoms with van der Waals surface area (Å²) in [6.07, 6.45) is -9.02. The first-order valence-electron chi connectivity index (χ1n) is 27.0. The van der Waals surface area contributed by atoms with Gasteiger partial charge in [0.05, 0.1) is 67.3 Å². The Labute approximate surface area is 457 Å². The summed E-state index contributed by atoms with van der Waals surface area (Å²) in [5.41, 5.74) is 7.19. The number of likely N-dealkylation sites (tertiary alicyclic amines) is 1. The van der Waals surface area contributed by atoms with E-state index >= 15 is 0 Å². The van der Waals surface area contributed by atoms with E-state index in [1.807, 2.05) is 32.0 Å². The Kier molecular flexibility index (Phi) is 23.3. The second-order valence-corrected chi connectivity index (χ2v) is 21.5. The third-order valence-corrected chi connectivity index (χ3v) is 15.5. The lowest BCUT2D eigenvalue weighted by Crippen LogP contribution is -2.60. The minimum atomic E-state index is -1.68. The second kappa shape index (κ2) is 28.6. The van der Waals surface area contributed by atoms with E-state index in [1.54, 1.807) is 82.7 Å². The van der Waals surface area contributed by atoms with Crippen LogP contribution in [0, 0.1) is 23.7 Å². The number of rotatable bonds is 26. The first-order chi connectivity index (χ1) is 37.0. The minimum Gasteiger partial charge on any atom is -0.461 e. The molecular weight excluding hydrogens is 1010 g/mol. The topological polar surface area (TPSA) is 306 Å². The number of nitrogens with one attached hydrogen (secondary N) is 2. The Morgan fingerprint density at radius 1 is 0.872 bits per heavy atom. The van der Waals surface area contributed by atoms with Crippen molar-refractivity contribution in [3.63, 3.8) is 0 Å². The number of carbonyl (C=O) groups excluding carboxylic acids is 5. The van der Waals surface area contributed by atoms with Gasteiger partial charge in [0, 0.05) is 40.4 Å². The van der Waals surface area contributed by atoms with Crippen LogP contribution in [0.3, 0.4) is 0 Å². The molecule has 1 aromatic heterocycles. The quantitative estimate of drug-likeness (QED) is 0.0573. The molecule has 0 spiro atoms. The third kappa shape index (κ3) is 14.7. The maximum atomic E-state index is 14.8. The highest BCUT2D eigenvalue weighted by atomic mass is 16.7. The summed E-state index contributed by atoms with van der Waals surface area (Å²) in [6, 6.07) is 9.90. The zero-order chi connectivity index (χ0) is 57.9. The van der Waals surface area contributed by atoms with Gasteiger partial charge in [-0.05, 0) is 61.3 Å². The number of nitrogens with zero attached hydrogens (tertiary/aromatic N) is 3. The Morgan fingerprint density at radius 3 is 2.14 bits per heavy atom. The molecule has 78 heavy (non-hydrogen) atoms. The van der Waals surface area contributed by atoms with Gasteiger partial charge in [-0.3, -0.25) is 24.1 Å². The van der Waals surface area contributed by atoms with Crippen molar-refractivity contribution in [2.75, 3.05) is 41.5 Å². The van der Waals surface area contributed by atoms with Gasteiger partial charge in [0.2, 0.25) is 29.9 Å². The Hall–Kier alpha value is -5.43. The second-order valence-electron chi connectivity index (χ2n) is 21.5. The molecule has 22 nitrogen and oxygen atoms in total. The van der Waals surface area contributed by atoms with Gasteiger partial charge in [0.15, 0.2) is 0 Å². The van der Waals surface area contributed by atoms with Gasteiger partial charge in [-0.1, -0.05) is 85.2 Å². The maximum Gasteiger partial charge on any atom is 0.410 e. The fraction of sp³-hybridized carbons (Fsp3) is 0.661. The van der Waals surface area contributed by atoms with Crippen molar-refractivity contribution < 1.29 is 77.6 Å². The molecule has 1 unspecified atom stereocenters.